The first-order chi connectivity index (χ1) is 16.2. The van der Waals surface area contributed by atoms with E-state index in [0.717, 1.165) is 4.90 Å². The zero-order valence-electron chi connectivity index (χ0n) is 19.1. The Balaban J connectivity index is 1.52. The van der Waals surface area contributed by atoms with Crippen LogP contribution in [0.3, 0.4) is 0 Å². The molecule has 0 aliphatic carbocycles. The van der Waals surface area contributed by atoms with E-state index in [4.69, 9.17) is 4.74 Å². The summed E-state index contributed by atoms with van der Waals surface area (Å²) in [5.41, 5.74) is 1.45. The van der Waals surface area contributed by atoms with Crippen LogP contribution < -0.4 is 10.2 Å². The Morgan fingerprint density at radius 3 is 2.21 bits per heavy atom. The smallest absolute Gasteiger partial charge is 0.330 e. The molecule has 1 N–H and O–H groups in total. The van der Waals surface area contributed by atoms with Crippen molar-refractivity contribution in [1.82, 2.24) is 4.90 Å². The Labute approximate surface area is 196 Å². The van der Waals surface area contributed by atoms with Gasteiger partial charge in [0.1, 0.15) is 6.04 Å². The van der Waals surface area contributed by atoms with Gasteiger partial charge in [-0.25, -0.2) is 4.79 Å². The highest BCUT2D eigenvalue weighted by Crippen LogP contribution is 2.32. The molecule has 4 amide bonds. The van der Waals surface area contributed by atoms with Crippen LogP contribution in [-0.2, 0) is 19.1 Å². The molecule has 9 nitrogen and oxygen atoms in total. The second-order valence-electron chi connectivity index (χ2n) is 8.70. The lowest BCUT2D eigenvalue weighted by atomic mass is 10.0. The van der Waals surface area contributed by atoms with Crippen LogP contribution in [0, 0.1) is 5.92 Å². The number of ether oxygens (including phenoxy) is 1. The number of esters is 1. The van der Waals surface area contributed by atoms with Crippen molar-refractivity contribution in [2.75, 3.05) is 16.8 Å². The highest BCUT2D eigenvalue weighted by atomic mass is 16.5. The molecular formula is C25H25N3O6. The third-order valence-electron chi connectivity index (χ3n) is 5.94. The number of fused-ring (bicyclic) bond motifs is 2. The van der Waals surface area contributed by atoms with E-state index in [0.29, 0.717) is 11.4 Å². The molecule has 1 unspecified atom stereocenters. The third kappa shape index (κ3) is 4.05. The third-order valence-corrected chi connectivity index (χ3v) is 5.94. The summed E-state index contributed by atoms with van der Waals surface area (Å²) in [7, 11) is 0. The van der Waals surface area contributed by atoms with E-state index in [-0.39, 0.29) is 23.5 Å². The van der Waals surface area contributed by atoms with Crippen molar-refractivity contribution < 1.29 is 28.7 Å². The number of amides is 4. The SMILES string of the molecule is CC(C)[C@@H](C(=O)OCC(=O)N1c2ccccc2NC(=O)CC1C)N1C(=O)c2ccccc2C1=O. The summed E-state index contributed by atoms with van der Waals surface area (Å²) in [6.45, 7) is 4.53. The first-order valence-electron chi connectivity index (χ1n) is 11.0. The van der Waals surface area contributed by atoms with Gasteiger partial charge in [0, 0.05) is 12.5 Å². The quantitative estimate of drug-likeness (QED) is 0.539. The van der Waals surface area contributed by atoms with Gasteiger partial charge < -0.3 is 15.0 Å². The average molecular weight is 463 g/mol. The van der Waals surface area contributed by atoms with Gasteiger partial charge in [0.05, 0.1) is 22.5 Å². The van der Waals surface area contributed by atoms with Crippen molar-refractivity contribution in [3.63, 3.8) is 0 Å². The minimum atomic E-state index is -1.18. The Kier molecular flexibility index (Phi) is 6.19. The summed E-state index contributed by atoms with van der Waals surface area (Å²) in [5.74, 6) is -3.16. The monoisotopic (exact) mass is 463 g/mol. The van der Waals surface area contributed by atoms with Gasteiger partial charge >= 0.3 is 5.97 Å². The highest BCUT2D eigenvalue weighted by molar-refractivity contribution is 6.22. The molecule has 2 aromatic rings. The number of anilines is 2. The molecule has 2 aromatic carbocycles. The number of hydrogen-bond donors (Lipinski definition) is 1. The topological polar surface area (TPSA) is 113 Å². The van der Waals surface area contributed by atoms with E-state index in [1.165, 1.54) is 17.0 Å². The van der Waals surface area contributed by atoms with Crippen molar-refractivity contribution in [2.24, 2.45) is 5.92 Å². The Morgan fingerprint density at radius 1 is 1.00 bits per heavy atom. The van der Waals surface area contributed by atoms with Crippen LogP contribution in [0.5, 0.6) is 0 Å². The van der Waals surface area contributed by atoms with Crippen LogP contribution in [0.2, 0.25) is 0 Å². The van der Waals surface area contributed by atoms with Crippen molar-refractivity contribution in [3.8, 4) is 0 Å². The normalized spacial score (nSPS) is 18.2. The molecule has 2 aliphatic rings. The van der Waals surface area contributed by atoms with E-state index in [9.17, 15) is 24.0 Å². The maximum atomic E-state index is 13.1. The highest BCUT2D eigenvalue weighted by Gasteiger charge is 2.45. The number of carbonyl (C=O) groups is 5. The van der Waals surface area contributed by atoms with Crippen molar-refractivity contribution in [1.29, 1.82) is 0 Å². The Bertz CT molecular complexity index is 1160. The second kappa shape index (κ2) is 9.09. The number of imide groups is 1. The molecule has 4 rings (SSSR count). The molecule has 0 saturated heterocycles. The largest absolute Gasteiger partial charge is 0.454 e. The fourth-order valence-electron chi connectivity index (χ4n) is 4.39. The standard InChI is InChI=1S/C25H25N3O6/c1-14(2)22(28-23(31)16-8-4-5-9-17(16)24(28)32)25(33)34-13-21(30)27-15(3)12-20(29)26-18-10-6-7-11-19(18)27/h4-11,14-15,22H,12-13H2,1-3H3,(H,26,29)/t15?,22-/m0/s1. The van der Waals surface area contributed by atoms with Crippen molar-refractivity contribution in [2.45, 2.75) is 39.3 Å². The number of hydrogen-bond acceptors (Lipinski definition) is 6. The van der Waals surface area contributed by atoms with Crippen LogP contribution in [0.25, 0.3) is 0 Å². The maximum Gasteiger partial charge on any atom is 0.330 e. The van der Waals surface area contributed by atoms with Crippen LogP contribution in [0.4, 0.5) is 11.4 Å². The van der Waals surface area contributed by atoms with Crippen LogP contribution >= 0.6 is 0 Å². The van der Waals surface area contributed by atoms with E-state index in [1.807, 2.05) is 0 Å². The fraction of sp³-hybridized carbons (Fsp3) is 0.320. The number of carbonyl (C=O) groups excluding carboxylic acids is 5. The number of nitrogens with one attached hydrogen (secondary N) is 1. The molecule has 9 heteroatoms. The molecule has 2 atom stereocenters. The maximum absolute atomic E-state index is 13.1. The first kappa shape index (κ1) is 23.2. The summed E-state index contributed by atoms with van der Waals surface area (Å²) in [6.07, 6.45) is 0.0814. The summed E-state index contributed by atoms with van der Waals surface area (Å²) in [4.78, 5) is 66.4. The van der Waals surface area contributed by atoms with Crippen LogP contribution in [-0.4, -0.2) is 53.2 Å². The zero-order valence-corrected chi connectivity index (χ0v) is 19.1. The first-order valence-corrected chi connectivity index (χ1v) is 11.0. The predicted octanol–water partition coefficient (Wildman–Crippen LogP) is 2.61. The summed E-state index contributed by atoms with van der Waals surface area (Å²) in [5, 5.41) is 2.77. The van der Waals surface area contributed by atoms with Gasteiger partial charge in [-0.1, -0.05) is 38.1 Å². The van der Waals surface area contributed by atoms with E-state index in [2.05, 4.69) is 5.32 Å². The average Bonchev–Trinajstić information content (AvgIpc) is 2.95. The number of nitrogens with zero attached hydrogens (tertiary/aromatic N) is 2. The molecular weight excluding hydrogens is 438 g/mol. The van der Waals surface area contributed by atoms with Gasteiger partial charge in [0.15, 0.2) is 6.61 Å². The van der Waals surface area contributed by atoms with Crippen LogP contribution in [0.1, 0.15) is 47.9 Å². The van der Waals surface area contributed by atoms with E-state index >= 15 is 0 Å². The zero-order chi connectivity index (χ0) is 24.6. The van der Waals surface area contributed by atoms with Crippen molar-refractivity contribution >= 4 is 41.0 Å². The second-order valence-corrected chi connectivity index (χ2v) is 8.70. The molecule has 0 spiro atoms. The van der Waals surface area contributed by atoms with Crippen molar-refractivity contribution in [3.05, 3.63) is 59.7 Å². The fourth-order valence-corrected chi connectivity index (χ4v) is 4.39. The van der Waals surface area contributed by atoms with Gasteiger partial charge in [-0.15, -0.1) is 0 Å². The molecule has 176 valence electrons. The molecule has 0 bridgehead atoms. The van der Waals surface area contributed by atoms with Gasteiger partial charge in [0.2, 0.25) is 5.91 Å². The van der Waals surface area contributed by atoms with Gasteiger partial charge in [-0.2, -0.15) is 0 Å². The molecule has 2 aliphatic heterocycles. The lowest BCUT2D eigenvalue weighted by Gasteiger charge is -2.29. The van der Waals surface area contributed by atoms with Gasteiger partial charge in [0.25, 0.3) is 17.7 Å². The molecule has 0 fully saturated rings. The molecule has 0 aromatic heterocycles. The lowest BCUT2D eigenvalue weighted by Crippen LogP contribution is -2.49. The number of benzene rings is 2. The number of rotatable bonds is 5. The summed E-state index contributed by atoms with van der Waals surface area (Å²) in [6, 6.07) is 11.6. The molecule has 0 radical (unpaired) electrons. The molecule has 2 heterocycles. The predicted molar refractivity (Wildman–Crippen MR) is 123 cm³/mol. The molecule has 34 heavy (non-hydrogen) atoms. The Morgan fingerprint density at radius 2 is 1.59 bits per heavy atom. The van der Waals surface area contributed by atoms with E-state index in [1.54, 1.807) is 57.2 Å². The number of para-hydroxylation sites is 2. The van der Waals surface area contributed by atoms with E-state index < -0.39 is 48.3 Å². The molecule has 0 saturated carbocycles. The summed E-state index contributed by atoms with van der Waals surface area (Å²) >= 11 is 0. The van der Waals surface area contributed by atoms with Crippen LogP contribution in [0.15, 0.2) is 48.5 Å². The lowest BCUT2D eigenvalue weighted by molar-refractivity contribution is -0.153. The van der Waals surface area contributed by atoms with Gasteiger partial charge in [-0.3, -0.25) is 24.1 Å². The minimum Gasteiger partial charge on any atom is -0.454 e. The Hall–Kier alpha value is -4.01. The summed E-state index contributed by atoms with van der Waals surface area (Å²) < 4.78 is 5.34. The van der Waals surface area contributed by atoms with Gasteiger partial charge in [-0.05, 0) is 37.1 Å². The minimum absolute atomic E-state index is 0.0814.